The van der Waals surface area contributed by atoms with Crippen molar-refractivity contribution in [2.75, 3.05) is 0 Å². The van der Waals surface area contributed by atoms with Gasteiger partial charge in [0.25, 0.3) is 0 Å². The van der Waals surface area contributed by atoms with Gasteiger partial charge < -0.3 is 9.63 Å². The predicted molar refractivity (Wildman–Crippen MR) is 61.3 cm³/mol. The number of halogens is 2. The van der Waals surface area contributed by atoms with E-state index in [1.807, 2.05) is 0 Å². The SMILES string of the molecule is Cc1onc(-c2cccc(F)c2Br)c1C(=O)O. The first-order valence-corrected chi connectivity index (χ1v) is 5.45. The van der Waals surface area contributed by atoms with E-state index in [1.54, 1.807) is 6.07 Å². The Labute approximate surface area is 104 Å². The van der Waals surface area contributed by atoms with Gasteiger partial charge in [0, 0.05) is 5.56 Å². The number of carbonyl (C=O) groups is 1. The zero-order valence-electron chi connectivity index (χ0n) is 8.70. The minimum atomic E-state index is -1.16. The highest BCUT2D eigenvalue weighted by Gasteiger charge is 2.23. The van der Waals surface area contributed by atoms with Crippen LogP contribution in [-0.4, -0.2) is 16.2 Å². The highest BCUT2D eigenvalue weighted by atomic mass is 79.9. The molecular weight excluding hydrogens is 293 g/mol. The highest BCUT2D eigenvalue weighted by molar-refractivity contribution is 9.10. The average molecular weight is 300 g/mol. The van der Waals surface area contributed by atoms with Crippen molar-refractivity contribution < 1.29 is 18.8 Å². The van der Waals surface area contributed by atoms with E-state index in [1.165, 1.54) is 19.1 Å². The number of hydrogen-bond acceptors (Lipinski definition) is 3. The Hall–Kier alpha value is -1.69. The van der Waals surface area contributed by atoms with Crippen LogP contribution < -0.4 is 0 Å². The number of hydrogen-bond donors (Lipinski definition) is 1. The minimum absolute atomic E-state index is 0.0590. The van der Waals surface area contributed by atoms with Crippen LogP contribution in [0, 0.1) is 12.7 Å². The Bertz CT molecular complexity index is 594. The summed E-state index contributed by atoms with van der Waals surface area (Å²) in [6.07, 6.45) is 0. The molecule has 88 valence electrons. The van der Waals surface area contributed by atoms with Crippen molar-refractivity contribution in [3.8, 4) is 11.3 Å². The second kappa shape index (κ2) is 4.29. The largest absolute Gasteiger partial charge is 0.477 e. The van der Waals surface area contributed by atoms with Gasteiger partial charge in [-0.25, -0.2) is 9.18 Å². The van der Waals surface area contributed by atoms with Gasteiger partial charge in [0.2, 0.25) is 0 Å². The summed E-state index contributed by atoms with van der Waals surface area (Å²) in [4.78, 5) is 11.1. The Morgan fingerprint density at radius 1 is 1.53 bits per heavy atom. The van der Waals surface area contributed by atoms with Crippen LogP contribution in [0.5, 0.6) is 0 Å². The van der Waals surface area contributed by atoms with Crippen LogP contribution in [0.1, 0.15) is 16.1 Å². The minimum Gasteiger partial charge on any atom is -0.477 e. The fourth-order valence-electron chi connectivity index (χ4n) is 1.49. The fraction of sp³-hybridized carbons (Fsp3) is 0.0909. The van der Waals surface area contributed by atoms with Crippen molar-refractivity contribution in [3.63, 3.8) is 0 Å². The van der Waals surface area contributed by atoms with E-state index in [9.17, 15) is 9.18 Å². The molecular formula is C11H7BrFNO3. The maximum Gasteiger partial charge on any atom is 0.341 e. The lowest BCUT2D eigenvalue weighted by molar-refractivity contribution is 0.0695. The highest BCUT2D eigenvalue weighted by Crippen LogP contribution is 2.32. The van der Waals surface area contributed by atoms with Gasteiger partial charge in [-0.1, -0.05) is 17.3 Å². The molecule has 4 nitrogen and oxygen atoms in total. The van der Waals surface area contributed by atoms with Crippen molar-refractivity contribution >= 4 is 21.9 Å². The standard InChI is InChI=1S/C11H7BrFNO3/c1-5-8(11(15)16)10(14-17-5)6-3-2-4-7(13)9(6)12/h2-4H,1H3,(H,15,16). The summed E-state index contributed by atoms with van der Waals surface area (Å²) < 4.78 is 18.3. The molecule has 1 aromatic heterocycles. The first kappa shape index (κ1) is 11.8. The second-order valence-corrected chi connectivity index (χ2v) is 4.16. The number of carboxylic acid groups (broad SMARTS) is 1. The molecule has 0 bridgehead atoms. The van der Waals surface area contributed by atoms with Crippen LogP contribution in [0.3, 0.4) is 0 Å². The number of nitrogens with zero attached hydrogens (tertiary/aromatic N) is 1. The molecule has 0 saturated heterocycles. The molecule has 0 unspecified atom stereocenters. The molecule has 0 saturated carbocycles. The van der Waals surface area contributed by atoms with Gasteiger partial charge in [-0.05, 0) is 28.9 Å². The number of aryl methyl sites for hydroxylation is 1. The maximum atomic E-state index is 13.4. The first-order valence-electron chi connectivity index (χ1n) is 4.66. The summed E-state index contributed by atoms with van der Waals surface area (Å²) in [6.45, 7) is 1.49. The smallest absolute Gasteiger partial charge is 0.341 e. The van der Waals surface area contributed by atoms with Crippen LogP contribution in [0.25, 0.3) is 11.3 Å². The lowest BCUT2D eigenvalue weighted by Crippen LogP contribution is -1.99. The van der Waals surface area contributed by atoms with E-state index in [-0.39, 0.29) is 21.5 Å². The van der Waals surface area contributed by atoms with Gasteiger partial charge in [-0.15, -0.1) is 0 Å². The molecule has 0 radical (unpaired) electrons. The predicted octanol–water partition coefficient (Wildman–Crippen LogP) is 3.25. The summed E-state index contributed by atoms with van der Waals surface area (Å²) in [5, 5.41) is 12.7. The van der Waals surface area contributed by atoms with Crippen molar-refractivity contribution in [3.05, 3.63) is 39.8 Å². The van der Waals surface area contributed by atoms with Gasteiger partial charge in [-0.3, -0.25) is 0 Å². The number of carboxylic acids is 1. The van der Waals surface area contributed by atoms with Gasteiger partial charge in [0.05, 0.1) is 4.47 Å². The third-order valence-corrected chi connectivity index (χ3v) is 3.09. The van der Waals surface area contributed by atoms with E-state index in [2.05, 4.69) is 21.1 Å². The molecule has 2 aromatic rings. The van der Waals surface area contributed by atoms with E-state index in [4.69, 9.17) is 9.63 Å². The van der Waals surface area contributed by atoms with Gasteiger partial charge in [0.1, 0.15) is 22.8 Å². The Kier molecular flexibility index (Phi) is 2.97. The topological polar surface area (TPSA) is 63.3 Å². The zero-order chi connectivity index (χ0) is 12.6. The second-order valence-electron chi connectivity index (χ2n) is 3.37. The quantitative estimate of drug-likeness (QED) is 0.924. The molecule has 0 aliphatic carbocycles. The van der Waals surface area contributed by atoms with Crippen molar-refractivity contribution in [1.29, 1.82) is 0 Å². The van der Waals surface area contributed by atoms with Crippen LogP contribution in [0.2, 0.25) is 0 Å². The van der Waals surface area contributed by atoms with Crippen LogP contribution in [0.15, 0.2) is 27.2 Å². The summed E-state index contributed by atoms with van der Waals surface area (Å²) in [7, 11) is 0. The summed E-state index contributed by atoms with van der Waals surface area (Å²) in [5.41, 5.74) is 0.400. The third kappa shape index (κ3) is 1.95. The molecule has 0 aliphatic rings. The van der Waals surface area contributed by atoms with Crippen LogP contribution in [-0.2, 0) is 0 Å². The molecule has 0 aliphatic heterocycles. The van der Waals surface area contributed by atoms with Crippen molar-refractivity contribution in [1.82, 2.24) is 5.16 Å². The van der Waals surface area contributed by atoms with Crippen LogP contribution in [0.4, 0.5) is 4.39 Å². The Morgan fingerprint density at radius 3 is 2.88 bits per heavy atom. The zero-order valence-corrected chi connectivity index (χ0v) is 10.3. The molecule has 1 aromatic carbocycles. The molecule has 1 heterocycles. The Morgan fingerprint density at radius 2 is 2.24 bits per heavy atom. The van der Waals surface area contributed by atoms with Gasteiger partial charge in [0.15, 0.2) is 0 Å². The number of benzene rings is 1. The summed E-state index contributed by atoms with van der Waals surface area (Å²) in [6, 6.07) is 4.31. The molecule has 17 heavy (non-hydrogen) atoms. The molecule has 0 spiro atoms. The van der Waals surface area contributed by atoms with Crippen LogP contribution >= 0.6 is 15.9 Å². The van der Waals surface area contributed by atoms with Crippen molar-refractivity contribution in [2.24, 2.45) is 0 Å². The fourth-order valence-corrected chi connectivity index (χ4v) is 1.95. The number of rotatable bonds is 2. The van der Waals surface area contributed by atoms with E-state index in [0.717, 1.165) is 0 Å². The van der Waals surface area contributed by atoms with E-state index >= 15 is 0 Å². The Balaban J connectivity index is 2.69. The lowest BCUT2D eigenvalue weighted by Gasteiger charge is -2.02. The monoisotopic (exact) mass is 299 g/mol. The molecule has 0 amide bonds. The maximum absolute atomic E-state index is 13.4. The molecule has 0 atom stereocenters. The average Bonchev–Trinajstić information content (AvgIpc) is 2.64. The number of aromatic nitrogens is 1. The molecule has 6 heteroatoms. The normalized spacial score (nSPS) is 10.5. The molecule has 2 rings (SSSR count). The first-order chi connectivity index (χ1) is 8.02. The lowest BCUT2D eigenvalue weighted by atomic mass is 10.1. The summed E-state index contributed by atoms with van der Waals surface area (Å²) >= 11 is 3.06. The third-order valence-electron chi connectivity index (χ3n) is 2.28. The van der Waals surface area contributed by atoms with Gasteiger partial charge >= 0.3 is 5.97 Å². The number of aromatic carboxylic acids is 1. The van der Waals surface area contributed by atoms with E-state index in [0.29, 0.717) is 5.56 Å². The molecule has 0 fully saturated rings. The van der Waals surface area contributed by atoms with Gasteiger partial charge in [-0.2, -0.15) is 0 Å². The molecule has 1 N–H and O–H groups in total. The van der Waals surface area contributed by atoms with E-state index < -0.39 is 11.8 Å². The summed E-state index contributed by atoms with van der Waals surface area (Å²) in [5.74, 6) is -1.46. The van der Waals surface area contributed by atoms with Crippen molar-refractivity contribution in [2.45, 2.75) is 6.92 Å².